The van der Waals surface area contributed by atoms with Gasteiger partial charge in [-0.2, -0.15) is 13.2 Å². The summed E-state index contributed by atoms with van der Waals surface area (Å²) in [5.74, 6) is -0.270. The van der Waals surface area contributed by atoms with Crippen LogP contribution in [0.15, 0.2) is 48.5 Å². The van der Waals surface area contributed by atoms with Gasteiger partial charge in [0, 0.05) is 11.6 Å². The SMILES string of the molecule is COC(=O)c1ccc(C)c([I+]c2ccccc2)c1.O=S(=O)([O-])C(F)(F)F. The summed E-state index contributed by atoms with van der Waals surface area (Å²) in [4.78, 5) is 11.5. The van der Waals surface area contributed by atoms with Crippen LogP contribution in [0.1, 0.15) is 15.9 Å². The van der Waals surface area contributed by atoms with Gasteiger partial charge in [-0.1, -0.05) is 24.3 Å². The van der Waals surface area contributed by atoms with E-state index in [1.165, 1.54) is 19.8 Å². The molecule has 0 atom stereocenters. The van der Waals surface area contributed by atoms with Crippen molar-refractivity contribution < 1.29 is 56.9 Å². The topological polar surface area (TPSA) is 83.5 Å². The number of methoxy groups -OCH3 is 1. The molecule has 0 heterocycles. The summed E-state index contributed by atoms with van der Waals surface area (Å²) < 4.78 is 66.3. The Morgan fingerprint density at radius 3 is 2.12 bits per heavy atom. The fourth-order valence-electron chi connectivity index (χ4n) is 1.53. The summed E-state index contributed by atoms with van der Waals surface area (Å²) >= 11 is -0.248. The van der Waals surface area contributed by atoms with Crippen LogP contribution in [0.3, 0.4) is 0 Å². The van der Waals surface area contributed by atoms with Crippen LogP contribution in [-0.2, 0) is 14.9 Å². The lowest BCUT2D eigenvalue weighted by Crippen LogP contribution is -3.61. The maximum atomic E-state index is 11.5. The molecular weight excluding hydrogens is 488 g/mol. The van der Waals surface area contributed by atoms with Gasteiger partial charge in [0.15, 0.2) is 17.3 Å². The number of halogens is 4. The second-order valence-electron chi connectivity index (χ2n) is 4.75. The van der Waals surface area contributed by atoms with E-state index in [1.54, 1.807) is 0 Å². The molecule has 0 aliphatic heterocycles. The molecule has 0 fully saturated rings. The number of rotatable bonds is 3. The van der Waals surface area contributed by atoms with Gasteiger partial charge in [0.05, 0.1) is 12.7 Å². The minimum atomic E-state index is -6.09. The van der Waals surface area contributed by atoms with E-state index >= 15 is 0 Å². The molecule has 0 bridgehead atoms. The zero-order valence-electron chi connectivity index (χ0n) is 13.6. The third kappa shape index (κ3) is 6.92. The Kier molecular flexibility index (Phi) is 8.03. The first kappa shape index (κ1) is 22.4. The van der Waals surface area contributed by atoms with Crippen LogP contribution in [0, 0.1) is 14.1 Å². The molecule has 0 spiro atoms. The van der Waals surface area contributed by atoms with Crippen LogP contribution >= 0.6 is 0 Å². The first-order valence-electron chi connectivity index (χ1n) is 6.86. The zero-order chi connectivity index (χ0) is 20.0. The van der Waals surface area contributed by atoms with Gasteiger partial charge >= 0.3 is 32.7 Å². The first-order valence-corrected chi connectivity index (χ1v) is 10.4. The minimum absolute atomic E-state index is 0.248. The third-order valence-electron chi connectivity index (χ3n) is 2.82. The number of aryl methyl sites for hydroxylation is 1. The predicted octanol–water partition coefficient (Wildman–Crippen LogP) is -0.0386. The summed E-state index contributed by atoms with van der Waals surface area (Å²) in [5, 5.41) is 0. The highest BCUT2D eigenvalue weighted by Gasteiger charge is 2.36. The van der Waals surface area contributed by atoms with E-state index in [-0.39, 0.29) is 27.2 Å². The van der Waals surface area contributed by atoms with Crippen molar-refractivity contribution in [3.8, 4) is 0 Å². The molecule has 0 saturated heterocycles. The van der Waals surface area contributed by atoms with Gasteiger partial charge in [-0.05, 0) is 25.1 Å². The largest absolute Gasteiger partial charge is 0.741 e. The highest BCUT2D eigenvalue weighted by atomic mass is 127. The summed E-state index contributed by atoms with van der Waals surface area (Å²) in [6, 6.07) is 16.2. The first-order chi connectivity index (χ1) is 12.0. The summed E-state index contributed by atoms with van der Waals surface area (Å²) in [5.41, 5.74) is -3.78. The second-order valence-corrected chi connectivity index (χ2v) is 9.06. The van der Waals surface area contributed by atoms with Gasteiger partial charge in [-0.25, -0.2) is 13.2 Å². The van der Waals surface area contributed by atoms with Crippen LogP contribution < -0.4 is 21.2 Å². The number of alkyl halides is 3. The highest BCUT2D eigenvalue weighted by molar-refractivity contribution is 7.86. The molecule has 0 aliphatic rings. The Balaban J connectivity index is 0.000000359. The van der Waals surface area contributed by atoms with Gasteiger partial charge in [0.1, 0.15) is 0 Å². The molecule has 0 saturated carbocycles. The Bertz CT molecular complexity index is 852. The van der Waals surface area contributed by atoms with Crippen molar-refractivity contribution in [3.05, 3.63) is 66.8 Å². The molecule has 0 radical (unpaired) electrons. The van der Waals surface area contributed by atoms with Crippen molar-refractivity contribution in [3.63, 3.8) is 0 Å². The molecule has 0 aromatic heterocycles. The summed E-state index contributed by atoms with van der Waals surface area (Å²) in [6.07, 6.45) is 0. The van der Waals surface area contributed by atoms with Crippen LogP contribution in [-0.4, -0.2) is 31.6 Å². The Labute approximate surface area is 159 Å². The molecular formula is C16H14F3IO5S. The number of esters is 1. The Morgan fingerprint density at radius 1 is 1.12 bits per heavy atom. The van der Waals surface area contributed by atoms with Gasteiger partial charge in [-0.3, -0.25) is 0 Å². The number of hydrogen-bond donors (Lipinski definition) is 0. The van der Waals surface area contributed by atoms with Gasteiger partial charge in [-0.15, -0.1) is 0 Å². The lowest BCUT2D eigenvalue weighted by Gasteiger charge is -2.08. The van der Waals surface area contributed by atoms with Crippen molar-refractivity contribution in [1.29, 1.82) is 0 Å². The van der Waals surface area contributed by atoms with Crippen molar-refractivity contribution in [2.45, 2.75) is 12.4 Å². The molecule has 0 N–H and O–H groups in total. The van der Waals surface area contributed by atoms with E-state index in [2.05, 4.69) is 31.2 Å². The average Bonchev–Trinajstić information content (AvgIpc) is 2.56. The van der Waals surface area contributed by atoms with E-state index in [9.17, 15) is 18.0 Å². The third-order valence-corrected chi connectivity index (χ3v) is 6.47. The normalized spacial score (nSPS) is 11.3. The lowest BCUT2D eigenvalue weighted by molar-refractivity contribution is -0.598. The van der Waals surface area contributed by atoms with Crippen molar-refractivity contribution in [2.24, 2.45) is 0 Å². The van der Waals surface area contributed by atoms with E-state index in [4.69, 9.17) is 17.7 Å². The standard InChI is InChI=1S/C15H14IO2.CHF3O3S/c1-11-8-9-12(15(17)18-2)10-14(11)16-13-6-4-3-5-7-13;2-1(3,4)8(5,6)7/h3-10H,1-2H3;(H,5,6,7)/q+1;/p-1. The molecule has 5 nitrogen and oxygen atoms in total. The van der Waals surface area contributed by atoms with Gasteiger partial charge in [0.2, 0.25) is 0 Å². The van der Waals surface area contributed by atoms with E-state index in [1.807, 2.05) is 24.3 Å². The summed E-state index contributed by atoms with van der Waals surface area (Å²) in [6.45, 7) is 2.08. The maximum Gasteiger partial charge on any atom is 0.485 e. The number of ether oxygens (including phenoxy) is 1. The summed E-state index contributed by atoms with van der Waals surface area (Å²) in [7, 11) is -4.68. The number of benzene rings is 2. The molecule has 0 amide bonds. The van der Waals surface area contributed by atoms with E-state index in [0.717, 1.165) is 0 Å². The van der Waals surface area contributed by atoms with Crippen LogP contribution in [0.25, 0.3) is 0 Å². The number of carbonyl (C=O) groups excluding carboxylic acids is 1. The Morgan fingerprint density at radius 2 is 1.65 bits per heavy atom. The quantitative estimate of drug-likeness (QED) is 0.255. The fraction of sp³-hybridized carbons (Fsp3) is 0.188. The molecule has 0 aliphatic carbocycles. The van der Waals surface area contributed by atoms with Crippen LogP contribution in [0.4, 0.5) is 13.2 Å². The van der Waals surface area contributed by atoms with Gasteiger partial charge < -0.3 is 9.29 Å². The molecule has 2 rings (SSSR count). The number of carbonyl (C=O) groups is 1. The Hall–Kier alpha value is -1.66. The van der Waals surface area contributed by atoms with Crippen molar-refractivity contribution >= 4 is 16.1 Å². The van der Waals surface area contributed by atoms with E-state index < -0.39 is 15.6 Å². The van der Waals surface area contributed by atoms with Gasteiger partial charge in [0.25, 0.3) is 0 Å². The molecule has 2 aromatic rings. The lowest BCUT2D eigenvalue weighted by atomic mass is 10.1. The van der Waals surface area contributed by atoms with Crippen LogP contribution in [0.2, 0.25) is 0 Å². The predicted molar refractivity (Wildman–Crippen MR) is 82.1 cm³/mol. The molecule has 0 unspecified atom stereocenters. The maximum absolute atomic E-state index is 11.5. The fourth-order valence-corrected chi connectivity index (χ4v) is 4.08. The van der Waals surface area contributed by atoms with Crippen molar-refractivity contribution in [2.75, 3.05) is 7.11 Å². The molecule has 26 heavy (non-hydrogen) atoms. The highest BCUT2D eigenvalue weighted by Crippen LogP contribution is 2.20. The number of hydrogen-bond acceptors (Lipinski definition) is 5. The zero-order valence-corrected chi connectivity index (χ0v) is 16.6. The van der Waals surface area contributed by atoms with Crippen LogP contribution in [0.5, 0.6) is 0 Å². The molecule has 2 aromatic carbocycles. The average molecular weight is 502 g/mol. The van der Waals surface area contributed by atoms with Crippen molar-refractivity contribution in [1.82, 2.24) is 0 Å². The van der Waals surface area contributed by atoms with E-state index in [0.29, 0.717) is 5.56 Å². The molecule has 142 valence electrons. The smallest absolute Gasteiger partial charge is 0.485 e. The minimum Gasteiger partial charge on any atom is -0.741 e. The molecule has 10 heteroatoms. The monoisotopic (exact) mass is 502 g/mol. The second kappa shape index (κ2) is 9.33.